The third-order valence-electron chi connectivity index (χ3n) is 3.76. The molecule has 0 saturated heterocycles. The molecule has 0 aliphatic carbocycles. The van der Waals surface area contributed by atoms with E-state index in [9.17, 15) is 4.79 Å². The van der Waals surface area contributed by atoms with Crippen molar-refractivity contribution in [2.75, 3.05) is 0 Å². The number of aryl methyl sites for hydroxylation is 1. The average molecular weight is 305 g/mol. The van der Waals surface area contributed by atoms with Crippen molar-refractivity contribution >= 4 is 5.91 Å². The first-order valence-corrected chi connectivity index (χ1v) is 7.62. The molecule has 0 fully saturated rings. The molecule has 0 saturated carbocycles. The summed E-state index contributed by atoms with van der Waals surface area (Å²) in [5.41, 5.74) is 4.21. The molecule has 23 heavy (non-hydrogen) atoms. The van der Waals surface area contributed by atoms with Gasteiger partial charge in [-0.3, -0.25) is 4.79 Å². The third kappa shape index (κ3) is 3.86. The van der Waals surface area contributed by atoms with Crippen molar-refractivity contribution in [3.05, 3.63) is 83.7 Å². The molecular formula is C19H19N3O. The fourth-order valence-corrected chi connectivity index (χ4v) is 2.42. The molecule has 1 amide bonds. The first-order valence-electron chi connectivity index (χ1n) is 7.62. The van der Waals surface area contributed by atoms with Gasteiger partial charge in [0.05, 0.1) is 18.3 Å². The van der Waals surface area contributed by atoms with Crippen LogP contribution in [-0.4, -0.2) is 15.7 Å². The fraction of sp³-hybridized carbons (Fsp3) is 0.158. The molecule has 2 aromatic carbocycles. The number of amides is 1. The van der Waals surface area contributed by atoms with E-state index in [1.807, 2.05) is 67.7 Å². The number of carbonyl (C=O) groups is 1. The Bertz CT molecular complexity index is 793. The summed E-state index contributed by atoms with van der Waals surface area (Å²) in [7, 11) is 0. The van der Waals surface area contributed by atoms with Crippen LogP contribution in [0.25, 0.3) is 5.69 Å². The number of nitrogens with zero attached hydrogens (tertiary/aromatic N) is 2. The van der Waals surface area contributed by atoms with Crippen LogP contribution in [0.4, 0.5) is 0 Å². The van der Waals surface area contributed by atoms with Crippen molar-refractivity contribution in [1.29, 1.82) is 0 Å². The zero-order valence-corrected chi connectivity index (χ0v) is 13.1. The van der Waals surface area contributed by atoms with E-state index in [-0.39, 0.29) is 5.91 Å². The van der Waals surface area contributed by atoms with Crippen molar-refractivity contribution < 1.29 is 4.79 Å². The van der Waals surface area contributed by atoms with Crippen LogP contribution < -0.4 is 5.32 Å². The van der Waals surface area contributed by atoms with Crippen LogP contribution in [0.5, 0.6) is 0 Å². The van der Waals surface area contributed by atoms with E-state index >= 15 is 0 Å². The minimum absolute atomic E-state index is 0.000801. The van der Waals surface area contributed by atoms with Crippen molar-refractivity contribution in [3.8, 4) is 5.69 Å². The molecule has 1 N–H and O–H groups in total. The van der Waals surface area contributed by atoms with E-state index < -0.39 is 0 Å². The molecule has 4 nitrogen and oxygen atoms in total. The fourth-order valence-electron chi connectivity index (χ4n) is 2.42. The minimum atomic E-state index is 0.000801. The summed E-state index contributed by atoms with van der Waals surface area (Å²) >= 11 is 0. The summed E-state index contributed by atoms with van der Waals surface area (Å²) in [6, 6.07) is 17.9. The molecule has 3 aromatic rings. The summed E-state index contributed by atoms with van der Waals surface area (Å²) in [6.45, 7) is 2.60. The molecule has 0 aliphatic heterocycles. The number of hydrogen-bond acceptors (Lipinski definition) is 2. The van der Waals surface area contributed by atoms with E-state index in [1.165, 1.54) is 5.56 Å². The molecule has 0 aliphatic rings. The summed E-state index contributed by atoms with van der Waals surface area (Å²) in [5, 5.41) is 7.27. The third-order valence-corrected chi connectivity index (χ3v) is 3.76. The van der Waals surface area contributed by atoms with Crippen LogP contribution in [0, 0.1) is 6.92 Å². The first-order chi connectivity index (χ1) is 11.2. The van der Waals surface area contributed by atoms with Gasteiger partial charge in [-0.25, -0.2) is 4.68 Å². The van der Waals surface area contributed by atoms with Crippen molar-refractivity contribution in [1.82, 2.24) is 15.1 Å². The Labute approximate surface area is 135 Å². The van der Waals surface area contributed by atoms with Crippen molar-refractivity contribution in [2.24, 2.45) is 0 Å². The first kappa shape index (κ1) is 15.0. The van der Waals surface area contributed by atoms with E-state index in [4.69, 9.17) is 0 Å². The van der Waals surface area contributed by atoms with Crippen molar-refractivity contribution in [3.63, 3.8) is 0 Å². The Hall–Kier alpha value is -2.88. The Balaban J connectivity index is 1.58. The summed E-state index contributed by atoms with van der Waals surface area (Å²) < 4.78 is 1.78. The SMILES string of the molecule is Cc1ccccc1CNC(=O)Cc1cnn(-c2ccccc2)c1. The smallest absolute Gasteiger partial charge is 0.224 e. The molecule has 3 rings (SSSR count). The molecule has 4 heteroatoms. The maximum absolute atomic E-state index is 12.1. The van der Waals surface area contributed by atoms with Gasteiger partial charge in [-0.15, -0.1) is 0 Å². The highest BCUT2D eigenvalue weighted by Crippen LogP contribution is 2.09. The zero-order chi connectivity index (χ0) is 16.1. The molecule has 1 aromatic heterocycles. The summed E-state index contributed by atoms with van der Waals surface area (Å²) in [5.74, 6) is 0.000801. The van der Waals surface area contributed by atoms with Gasteiger partial charge in [-0.05, 0) is 35.7 Å². The second-order valence-electron chi connectivity index (χ2n) is 5.51. The second kappa shape index (κ2) is 6.92. The molecule has 0 radical (unpaired) electrons. The van der Waals surface area contributed by atoms with Crippen molar-refractivity contribution in [2.45, 2.75) is 19.9 Å². The van der Waals surface area contributed by atoms with Gasteiger partial charge in [-0.2, -0.15) is 5.10 Å². The van der Waals surface area contributed by atoms with Gasteiger partial charge in [0.25, 0.3) is 0 Å². The van der Waals surface area contributed by atoms with Gasteiger partial charge in [0.2, 0.25) is 5.91 Å². The standard InChI is InChI=1S/C19H19N3O/c1-15-7-5-6-8-17(15)13-20-19(23)11-16-12-21-22(14-16)18-9-3-2-4-10-18/h2-10,12,14H,11,13H2,1H3,(H,20,23). The van der Waals surface area contributed by atoms with E-state index in [0.29, 0.717) is 13.0 Å². The maximum atomic E-state index is 12.1. The number of nitrogens with one attached hydrogen (secondary N) is 1. The average Bonchev–Trinajstić information content (AvgIpc) is 3.03. The lowest BCUT2D eigenvalue weighted by Crippen LogP contribution is -2.24. The number of para-hydroxylation sites is 1. The highest BCUT2D eigenvalue weighted by atomic mass is 16.1. The predicted molar refractivity (Wildman–Crippen MR) is 90.3 cm³/mol. The summed E-state index contributed by atoms with van der Waals surface area (Å²) in [6.07, 6.45) is 3.96. The lowest BCUT2D eigenvalue weighted by Gasteiger charge is -2.07. The van der Waals surface area contributed by atoms with E-state index in [0.717, 1.165) is 16.8 Å². The number of rotatable bonds is 5. The van der Waals surface area contributed by atoms with Gasteiger partial charge < -0.3 is 5.32 Å². The predicted octanol–water partition coefficient (Wildman–Crippen LogP) is 3.04. The zero-order valence-electron chi connectivity index (χ0n) is 13.1. The molecule has 116 valence electrons. The Morgan fingerprint density at radius 2 is 1.83 bits per heavy atom. The van der Waals surface area contributed by atoms with E-state index in [2.05, 4.69) is 10.4 Å². The highest BCUT2D eigenvalue weighted by molar-refractivity contribution is 5.78. The van der Waals surface area contributed by atoms with Gasteiger partial charge in [0, 0.05) is 12.7 Å². The highest BCUT2D eigenvalue weighted by Gasteiger charge is 2.07. The van der Waals surface area contributed by atoms with Crippen LogP contribution in [0.3, 0.4) is 0 Å². The number of benzene rings is 2. The number of aromatic nitrogens is 2. The molecule has 0 unspecified atom stereocenters. The minimum Gasteiger partial charge on any atom is -0.352 e. The molecule has 1 heterocycles. The second-order valence-corrected chi connectivity index (χ2v) is 5.51. The number of carbonyl (C=O) groups excluding carboxylic acids is 1. The molecule has 0 bridgehead atoms. The van der Waals surface area contributed by atoms with Crippen LogP contribution >= 0.6 is 0 Å². The van der Waals surface area contributed by atoms with Crippen LogP contribution in [0.15, 0.2) is 67.0 Å². The topological polar surface area (TPSA) is 46.9 Å². The van der Waals surface area contributed by atoms with Crippen LogP contribution in [0.2, 0.25) is 0 Å². The lowest BCUT2D eigenvalue weighted by atomic mass is 10.1. The maximum Gasteiger partial charge on any atom is 0.224 e. The van der Waals surface area contributed by atoms with Gasteiger partial charge in [0.15, 0.2) is 0 Å². The van der Waals surface area contributed by atoms with Gasteiger partial charge in [0.1, 0.15) is 0 Å². The normalized spacial score (nSPS) is 10.5. The monoisotopic (exact) mass is 305 g/mol. The van der Waals surface area contributed by atoms with Gasteiger partial charge in [-0.1, -0.05) is 42.5 Å². The van der Waals surface area contributed by atoms with E-state index in [1.54, 1.807) is 10.9 Å². The number of hydrogen-bond donors (Lipinski definition) is 1. The Morgan fingerprint density at radius 3 is 2.61 bits per heavy atom. The quantitative estimate of drug-likeness (QED) is 0.787. The van der Waals surface area contributed by atoms with Crippen LogP contribution in [0.1, 0.15) is 16.7 Å². The molecular weight excluding hydrogens is 286 g/mol. The largest absolute Gasteiger partial charge is 0.352 e. The Morgan fingerprint density at radius 1 is 1.09 bits per heavy atom. The van der Waals surface area contributed by atoms with Crippen LogP contribution in [-0.2, 0) is 17.8 Å². The lowest BCUT2D eigenvalue weighted by molar-refractivity contribution is -0.120. The summed E-state index contributed by atoms with van der Waals surface area (Å²) in [4.78, 5) is 12.1. The molecule has 0 atom stereocenters. The Kier molecular flexibility index (Phi) is 4.52. The van der Waals surface area contributed by atoms with Gasteiger partial charge >= 0.3 is 0 Å². The molecule has 0 spiro atoms.